The Labute approximate surface area is 125 Å². The number of aromatic hydroxyl groups is 1. The third-order valence-corrected chi connectivity index (χ3v) is 2.99. The van der Waals surface area contributed by atoms with Crippen LogP contribution in [-0.2, 0) is 4.79 Å². The molecule has 2 aromatic rings. The van der Waals surface area contributed by atoms with Crippen molar-refractivity contribution in [2.75, 3.05) is 6.61 Å². The molecule has 0 fully saturated rings. The lowest BCUT2D eigenvalue weighted by molar-refractivity contribution is -0.139. The van der Waals surface area contributed by atoms with Crippen LogP contribution >= 0.6 is 11.6 Å². The fraction of sp³-hybridized carbons (Fsp3) is 0.0667. The summed E-state index contributed by atoms with van der Waals surface area (Å²) in [7, 11) is 0. The predicted octanol–water partition coefficient (Wildman–Crippen LogP) is 2.74. The second kappa shape index (κ2) is 6.28. The molecule has 0 unspecified atom stereocenters. The van der Waals surface area contributed by atoms with Crippen molar-refractivity contribution < 1.29 is 24.5 Å². The van der Waals surface area contributed by atoms with Crippen LogP contribution in [0.1, 0.15) is 15.9 Å². The minimum atomic E-state index is -1.10. The lowest BCUT2D eigenvalue weighted by atomic mass is 10.0. The van der Waals surface area contributed by atoms with Gasteiger partial charge in [-0.05, 0) is 42.5 Å². The maximum atomic E-state index is 12.3. The molecule has 0 bridgehead atoms. The summed E-state index contributed by atoms with van der Waals surface area (Å²) in [5.74, 6) is -1.07. The molecule has 0 aromatic heterocycles. The highest BCUT2D eigenvalue weighted by molar-refractivity contribution is 6.35. The molecule has 0 saturated carbocycles. The van der Waals surface area contributed by atoms with Crippen molar-refractivity contribution in [3.63, 3.8) is 0 Å². The zero-order valence-electron chi connectivity index (χ0n) is 10.7. The van der Waals surface area contributed by atoms with Gasteiger partial charge in [0.15, 0.2) is 12.4 Å². The minimum absolute atomic E-state index is 0.0649. The quantitative estimate of drug-likeness (QED) is 0.830. The summed E-state index contributed by atoms with van der Waals surface area (Å²) in [5.41, 5.74) is 0.652. The highest BCUT2D eigenvalue weighted by atomic mass is 35.5. The standard InChI is InChI=1S/C15H11ClO5/c16-13-7-11(21-8-14(18)19)5-6-12(13)15(20)9-1-3-10(17)4-2-9/h1-7,17H,8H2,(H,18,19). The maximum Gasteiger partial charge on any atom is 0.341 e. The van der Waals surface area contributed by atoms with E-state index in [1.54, 1.807) is 0 Å². The average Bonchev–Trinajstić information content (AvgIpc) is 2.45. The molecule has 0 radical (unpaired) electrons. The third kappa shape index (κ3) is 3.73. The summed E-state index contributed by atoms with van der Waals surface area (Å²) >= 11 is 6.02. The van der Waals surface area contributed by atoms with Crippen LogP contribution in [0.5, 0.6) is 11.5 Å². The number of carbonyl (C=O) groups excluding carboxylic acids is 1. The maximum absolute atomic E-state index is 12.3. The fourth-order valence-corrected chi connectivity index (χ4v) is 1.94. The van der Waals surface area contributed by atoms with Crippen molar-refractivity contribution in [1.29, 1.82) is 0 Å². The number of phenolic OH excluding ortho intramolecular Hbond substituents is 1. The van der Waals surface area contributed by atoms with Crippen molar-refractivity contribution in [1.82, 2.24) is 0 Å². The number of hydrogen-bond donors (Lipinski definition) is 2. The predicted molar refractivity (Wildman–Crippen MR) is 76.1 cm³/mol. The Morgan fingerprint density at radius 1 is 1.10 bits per heavy atom. The van der Waals surface area contributed by atoms with Gasteiger partial charge in [0.05, 0.1) is 5.02 Å². The van der Waals surface area contributed by atoms with Crippen molar-refractivity contribution >= 4 is 23.4 Å². The van der Waals surface area contributed by atoms with Gasteiger partial charge in [-0.1, -0.05) is 11.6 Å². The molecule has 0 aliphatic heterocycles. The van der Waals surface area contributed by atoms with Crippen molar-refractivity contribution in [3.8, 4) is 11.5 Å². The van der Waals surface area contributed by atoms with Gasteiger partial charge in [0, 0.05) is 11.1 Å². The molecule has 5 nitrogen and oxygen atoms in total. The zero-order chi connectivity index (χ0) is 15.4. The first-order valence-electron chi connectivity index (χ1n) is 5.95. The molecule has 0 aliphatic carbocycles. The monoisotopic (exact) mass is 306 g/mol. The summed E-state index contributed by atoms with van der Waals surface area (Å²) in [6.07, 6.45) is 0. The Kier molecular flexibility index (Phi) is 4.45. The Morgan fingerprint density at radius 2 is 1.76 bits per heavy atom. The van der Waals surface area contributed by atoms with Crippen LogP contribution < -0.4 is 4.74 Å². The van der Waals surface area contributed by atoms with Gasteiger partial charge >= 0.3 is 5.97 Å². The fourth-order valence-electron chi connectivity index (χ4n) is 1.68. The average molecular weight is 307 g/mol. The number of carbonyl (C=O) groups is 2. The number of phenols is 1. The minimum Gasteiger partial charge on any atom is -0.508 e. The van der Waals surface area contributed by atoms with E-state index < -0.39 is 12.6 Å². The van der Waals surface area contributed by atoms with E-state index in [0.717, 1.165) is 0 Å². The molecule has 2 rings (SSSR count). The second-order valence-corrected chi connectivity index (χ2v) is 4.61. The van der Waals surface area contributed by atoms with Crippen molar-refractivity contribution in [3.05, 3.63) is 58.6 Å². The molecular formula is C15H11ClO5. The lowest BCUT2D eigenvalue weighted by Crippen LogP contribution is -2.09. The second-order valence-electron chi connectivity index (χ2n) is 4.20. The molecule has 0 heterocycles. The summed E-state index contributed by atoms with van der Waals surface area (Å²) in [4.78, 5) is 22.7. The molecule has 108 valence electrons. The van der Waals surface area contributed by atoms with Crippen LogP contribution in [0.3, 0.4) is 0 Å². The largest absolute Gasteiger partial charge is 0.508 e. The third-order valence-electron chi connectivity index (χ3n) is 2.68. The van der Waals surface area contributed by atoms with Gasteiger partial charge in [-0.2, -0.15) is 0 Å². The number of ether oxygens (including phenoxy) is 1. The Morgan fingerprint density at radius 3 is 2.33 bits per heavy atom. The molecule has 0 amide bonds. The van der Waals surface area contributed by atoms with E-state index in [4.69, 9.17) is 21.4 Å². The Hall–Kier alpha value is -2.53. The zero-order valence-corrected chi connectivity index (χ0v) is 11.5. The first-order chi connectivity index (χ1) is 9.97. The molecule has 2 aromatic carbocycles. The van der Waals surface area contributed by atoms with E-state index in [1.807, 2.05) is 0 Å². The van der Waals surface area contributed by atoms with E-state index in [1.165, 1.54) is 42.5 Å². The van der Waals surface area contributed by atoms with E-state index in [0.29, 0.717) is 5.56 Å². The number of benzene rings is 2. The number of carboxylic acid groups (broad SMARTS) is 1. The van der Waals surface area contributed by atoms with Crippen molar-refractivity contribution in [2.24, 2.45) is 0 Å². The summed E-state index contributed by atoms with van der Waals surface area (Å²) in [5, 5.41) is 17.9. The number of halogens is 1. The molecule has 0 spiro atoms. The SMILES string of the molecule is O=C(O)COc1ccc(C(=O)c2ccc(O)cc2)c(Cl)c1. The first-order valence-corrected chi connectivity index (χ1v) is 6.33. The highest BCUT2D eigenvalue weighted by Gasteiger charge is 2.14. The molecule has 0 atom stereocenters. The molecule has 2 N–H and O–H groups in total. The number of rotatable bonds is 5. The first kappa shape index (κ1) is 14.9. The van der Waals surface area contributed by atoms with Crippen LogP contribution in [0.4, 0.5) is 0 Å². The van der Waals surface area contributed by atoms with E-state index in [-0.39, 0.29) is 27.9 Å². The number of ketones is 1. The van der Waals surface area contributed by atoms with Crippen LogP contribution in [0.2, 0.25) is 5.02 Å². The van der Waals surface area contributed by atoms with Gasteiger partial charge in [0.1, 0.15) is 11.5 Å². The van der Waals surface area contributed by atoms with Gasteiger partial charge in [0.2, 0.25) is 0 Å². The van der Waals surface area contributed by atoms with E-state index in [2.05, 4.69) is 0 Å². The normalized spacial score (nSPS) is 10.1. The van der Waals surface area contributed by atoms with E-state index >= 15 is 0 Å². The van der Waals surface area contributed by atoms with Crippen molar-refractivity contribution in [2.45, 2.75) is 0 Å². The van der Waals surface area contributed by atoms with Crippen LogP contribution in [0.15, 0.2) is 42.5 Å². The van der Waals surface area contributed by atoms with Gasteiger partial charge < -0.3 is 14.9 Å². The number of aliphatic carboxylic acids is 1. The van der Waals surface area contributed by atoms with E-state index in [9.17, 15) is 14.7 Å². The smallest absolute Gasteiger partial charge is 0.341 e. The van der Waals surface area contributed by atoms with Gasteiger partial charge in [-0.25, -0.2) is 4.79 Å². The molecular weight excluding hydrogens is 296 g/mol. The van der Waals surface area contributed by atoms with Gasteiger partial charge in [-0.3, -0.25) is 4.79 Å². The summed E-state index contributed by atoms with van der Waals surface area (Å²) < 4.78 is 4.98. The Balaban J connectivity index is 2.22. The lowest BCUT2D eigenvalue weighted by Gasteiger charge is -2.07. The van der Waals surface area contributed by atoms with Gasteiger partial charge in [0.25, 0.3) is 0 Å². The molecule has 0 saturated heterocycles. The molecule has 0 aliphatic rings. The highest BCUT2D eigenvalue weighted by Crippen LogP contribution is 2.25. The summed E-state index contributed by atoms with van der Waals surface area (Å²) in [6.45, 7) is -0.485. The topological polar surface area (TPSA) is 83.8 Å². The van der Waals surface area contributed by atoms with Crippen LogP contribution in [0.25, 0.3) is 0 Å². The van der Waals surface area contributed by atoms with Crippen LogP contribution in [-0.4, -0.2) is 28.6 Å². The molecule has 21 heavy (non-hydrogen) atoms. The Bertz CT molecular complexity index is 679. The number of carboxylic acids is 1. The summed E-state index contributed by atoms with van der Waals surface area (Å²) in [6, 6.07) is 10.1. The number of hydrogen-bond acceptors (Lipinski definition) is 4. The van der Waals surface area contributed by atoms with Crippen LogP contribution in [0, 0.1) is 0 Å². The van der Waals surface area contributed by atoms with Gasteiger partial charge in [-0.15, -0.1) is 0 Å². The molecule has 6 heteroatoms.